The van der Waals surface area contributed by atoms with Crippen molar-refractivity contribution in [3.05, 3.63) is 18.0 Å². The van der Waals surface area contributed by atoms with Gasteiger partial charge in [0, 0.05) is 25.0 Å². The van der Waals surface area contributed by atoms with Gasteiger partial charge in [0.2, 0.25) is 10.0 Å². The first-order valence-electron chi connectivity index (χ1n) is 6.83. The standard InChI is InChI=1S/C13H24N2O3S2/c1-3-7-15-10-13(9-12(15)11-16)20(17,18)14-6-4-5-8-19-2/h9-10,14,16H,3-8,11H2,1-2H3. The number of nitrogens with one attached hydrogen (secondary N) is 1. The molecule has 1 heterocycles. The van der Waals surface area contributed by atoms with E-state index in [0.29, 0.717) is 18.8 Å². The Hall–Kier alpha value is -0.500. The molecule has 116 valence electrons. The molecule has 0 aliphatic carbocycles. The van der Waals surface area contributed by atoms with Crippen molar-refractivity contribution in [1.29, 1.82) is 0 Å². The van der Waals surface area contributed by atoms with Crippen molar-refractivity contribution in [2.24, 2.45) is 0 Å². The Bertz CT molecular complexity index is 498. The minimum Gasteiger partial charge on any atom is -0.390 e. The van der Waals surface area contributed by atoms with Crippen molar-refractivity contribution in [3.8, 4) is 0 Å². The summed E-state index contributed by atoms with van der Waals surface area (Å²) in [6.45, 7) is 3.03. The lowest BCUT2D eigenvalue weighted by Gasteiger charge is -2.05. The lowest BCUT2D eigenvalue weighted by atomic mass is 10.3. The topological polar surface area (TPSA) is 71.3 Å². The van der Waals surface area contributed by atoms with Gasteiger partial charge in [-0.3, -0.25) is 0 Å². The molecule has 0 aliphatic heterocycles. The number of aromatic nitrogens is 1. The van der Waals surface area contributed by atoms with E-state index < -0.39 is 10.0 Å². The van der Waals surface area contributed by atoms with Gasteiger partial charge in [-0.05, 0) is 37.3 Å². The first-order chi connectivity index (χ1) is 9.55. The van der Waals surface area contributed by atoms with Crippen LogP contribution in [0.3, 0.4) is 0 Å². The molecule has 0 unspecified atom stereocenters. The van der Waals surface area contributed by atoms with Crippen LogP contribution in [0.15, 0.2) is 17.2 Å². The molecule has 1 rings (SSSR count). The number of aliphatic hydroxyl groups is 1. The molecule has 1 aromatic heterocycles. The summed E-state index contributed by atoms with van der Waals surface area (Å²) >= 11 is 1.76. The number of thioether (sulfide) groups is 1. The molecule has 0 radical (unpaired) electrons. The molecule has 2 N–H and O–H groups in total. The number of unbranched alkanes of at least 4 members (excludes halogenated alkanes) is 1. The fraction of sp³-hybridized carbons (Fsp3) is 0.692. The van der Waals surface area contributed by atoms with Crippen LogP contribution >= 0.6 is 11.8 Å². The van der Waals surface area contributed by atoms with Gasteiger partial charge in [0.1, 0.15) is 0 Å². The first kappa shape index (κ1) is 17.6. The van der Waals surface area contributed by atoms with E-state index in [1.807, 2.05) is 13.2 Å². The Morgan fingerprint density at radius 1 is 1.40 bits per heavy atom. The lowest BCUT2D eigenvalue weighted by Crippen LogP contribution is -2.24. The van der Waals surface area contributed by atoms with Crippen LogP contribution in [-0.2, 0) is 23.2 Å². The highest BCUT2D eigenvalue weighted by Crippen LogP contribution is 2.15. The van der Waals surface area contributed by atoms with E-state index in [2.05, 4.69) is 4.72 Å². The molecule has 7 heteroatoms. The van der Waals surface area contributed by atoms with Gasteiger partial charge >= 0.3 is 0 Å². The van der Waals surface area contributed by atoms with Crippen LogP contribution < -0.4 is 4.72 Å². The average Bonchev–Trinajstić information content (AvgIpc) is 2.83. The van der Waals surface area contributed by atoms with Crippen LogP contribution in [0.1, 0.15) is 31.9 Å². The molecule has 5 nitrogen and oxygen atoms in total. The highest BCUT2D eigenvalue weighted by molar-refractivity contribution is 7.98. The number of hydrogen-bond acceptors (Lipinski definition) is 4. The molecular formula is C13H24N2O3S2. The Morgan fingerprint density at radius 3 is 2.75 bits per heavy atom. The van der Waals surface area contributed by atoms with Gasteiger partial charge < -0.3 is 9.67 Å². The number of aliphatic hydroxyl groups excluding tert-OH is 1. The molecule has 0 atom stereocenters. The maximum absolute atomic E-state index is 12.1. The molecule has 0 bridgehead atoms. The predicted octanol–water partition coefficient (Wildman–Crippen LogP) is 1.81. The normalized spacial score (nSPS) is 11.9. The van der Waals surface area contributed by atoms with Crippen molar-refractivity contribution in [2.75, 3.05) is 18.6 Å². The summed E-state index contributed by atoms with van der Waals surface area (Å²) in [7, 11) is -3.47. The lowest BCUT2D eigenvalue weighted by molar-refractivity contribution is 0.270. The van der Waals surface area contributed by atoms with E-state index in [1.54, 1.807) is 28.6 Å². The fourth-order valence-electron chi connectivity index (χ4n) is 1.91. The third-order valence-corrected chi connectivity index (χ3v) is 5.09. The quantitative estimate of drug-likeness (QED) is 0.645. The number of nitrogens with zero attached hydrogens (tertiary/aromatic N) is 1. The Labute approximate surface area is 125 Å². The van der Waals surface area contributed by atoms with E-state index in [0.717, 1.165) is 25.0 Å². The maximum atomic E-state index is 12.1. The summed E-state index contributed by atoms with van der Waals surface area (Å²) in [5.74, 6) is 1.04. The maximum Gasteiger partial charge on any atom is 0.242 e. The summed E-state index contributed by atoms with van der Waals surface area (Å²) < 4.78 is 28.7. The monoisotopic (exact) mass is 320 g/mol. The smallest absolute Gasteiger partial charge is 0.242 e. The predicted molar refractivity (Wildman–Crippen MR) is 83.5 cm³/mol. The van der Waals surface area contributed by atoms with Crippen molar-refractivity contribution >= 4 is 21.8 Å². The first-order valence-corrected chi connectivity index (χ1v) is 9.71. The van der Waals surface area contributed by atoms with Gasteiger partial charge in [-0.2, -0.15) is 11.8 Å². The van der Waals surface area contributed by atoms with Crippen LogP contribution in [-0.4, -0.2) is 36.6 Å². The second-order valence-electron chi connectivity index (χ2n) is 4.62. The zero-order valence-corrected chi connectivity index (χ0v) is 13.8. The molecule has 0 amide bonds. The van der Waals surface area contributed by atoms with Gasteiger partial charge in [-0.25, -0.2) is 13.1 Å². The summed E-state index contributed by atoms with van der Waals surface area (Å²) in [6, 6.07) is 1.54. The van der Waals surface area contributed by atoms with Gasteiger partial charge in [0.15, 0.2) is 0 Å². The van der Waals surface area contributed by atoms with Crippen molar-refractivity contribution in [2.45, 2.75) is 44.2 Å². The van der Waals surface area contributed by atoms with E-state index in [4.69, 9.17) is 0 Å². The minimum atomic E-state index is -3.47. The van der Waals surface area contributed by atoms with E-state index in [-0.39, 0.29) is 11.5 Å². The number of aryl methyl sites for hydroxylation is 1. The van der Waals surface area contributed by atoms with Crippen LogP contribution in [0.5, 0.6) is 0 Å². The third-order valence-electron chi connectivity index (χ3n) is 2.96. The zero-order valence-electron chi connectivity index (χ0n) is 12.1. The Kier molecular flexibility index (Phi) is 7.65. The van der Waals surface area contributed by atoms with Crippen LogP contribution in [0.4, 0.5) is 0 Å². The van der Waals surface area contributed by atoms with Crippen LogP contribution in [0.2, 0.25) is 0 Å². The zero-order chi connectivity index (χ0) is 15.0. The minimum absolute atomic E-state index is 0.150. The van der Waals surface area contributed by atoms with Crippen molar-refractivity contribution < 1.29 is 13.5 Å². The number of rotatable bonds is 10. The molecule has 0 saturated carbocycles. The largest absolute Gasteiger partial charge is 0.390 e. The number of hydrogen-bond donors (Lipinski definition) is 2. The molecule has 0 saturated heterocycles. The molecule has 1 aromatic rings. The molecule has 0 fully saturated rings. The van der Waals surface area contributed by atoms with Gasteiger partial charge in [0.25, 0.3) is 0 Å². The van der Waals surface area contributed by atoms with Crippen LogP contribution in [0, 0.1) is 0 Å². The van der Waals surface area contributed by atoms with Gasteiger partial charge in [-0.15, -0.1) is 0 Å². The highest BCUT2D eigenvalue weighted by Gasteiger charge is 2.17. The average molecular weight is 320 g/mol. The van der Waals surface area contributed by atoms with Gasteiger partial charge in [-0.1, -0.05) is 6.92 Å². The van der Waals surface area contributed by atoms with Gasteiger partial charge in [0.05, 0.1) is 11.5 Å². The second kappa shape index (κ2) is 8.71. The Balaban J connectivity index is 2.67. The number of sulfonamides is 1. The second-order valence-corrected chi connectivity index (χ2v) is 7.37. The molecule has 0 spiro atoms. The summed E-state index contributed by atoms with van der Waals surface area (Å²) in [5, 5.41) is 9.26. The SMILES string of the molecule is CCCn1cc(S(=O)(=O)NCCCCSC)cc1CO. The molecular weight excluding hydrogens is 296 g/mol. The van der Waals surface area contributed by atoms with E-state index in [9.17, 15) is 13.5 Å². The Morgan fingerprint density at radius 2 is 2.15 bits per heavy atom. The van der Waals surface area contributed by atoms with E-state index in [1.165, 1.54) is 0 Å². The summed E-state index contributed by atoms with van der Waals surface area (Å²) in [4.78, 5) is 0.236. The van der Waals surface area contributed by atoms with Crippen molar-refractivity contribution in [1.82, 2.24) is 9.29 Å². The highest BCUT2D eigenvalue weighted by atomic mass is 32.2. The third kappa shape index (κ3) is 5.12. The summed E-state index contributed by atoms with van der Waals surface area (Å²) in [5.41, 5.74) is 0.634. The van der Waals surface area contributed by atoms with Crippen LogP contribution in [0.25, 0.3) is 0 Å². The molecule has 0 aromatic carbocycles. The fourth-order valence-corrected chi connectivity index (χ4v) is 3.54. The molecule has 0 aliphatic rings. The summed E-state index contributed by atoms with van der Waals surface area (Å²) in [6.07, 6.45) is 6.37. The molecule has 20 heavy (non-hydrogen) atoms. The van der Waals surface area contributed by atoms with Crippen molar-refractivity contribution in [3.63, 3.8) is 0 Å². The van der Waals surface area contributed by atoms with E-state index >= 15 is 0 Å².